The Morgan fingerprint density at radius 3 is 2.09 bits per heavy atom. The van der Waals surface area contributed by atoms with Gasteiger partial charge in [-0.15, -0.1) is 0 Å². The largest absolute Gasteiger partial charge is 0.326 e. The van der Waals surface area contributed by atoms with E-state index in [1.54, 1.807) is 50.2 Å². The van der Waals surface area contributed by atoms with Gasteiger partial charge in [0.2, 0.25) is 5.91 Å². The van der Waals surface area contributed by atoms with Crippen LogP contribution in [-0.2, 0) is 21.5 Å². The normalized spacial score (nSPS) is 17.4. The minimum atomic E-state index is -1.30. The van der Waals surface area contributed by atoms with E-state index in [4.69, 9.17) is 0 Å². The first-order valence-corrected chi connectivity index (χ1v) is 11.5. The Balaban J connectivity index is 1.56. The number of Topliss-reactive ketones (excluding diaryl/α,β-unsaturated/α-hetero) is 1. The van der Waals surface area contributed by atoms with E-state index in [-0.39, 0.29) is 30.6 Å². The van der Waals surface area contributed by atoms with E-state index in [1.807, 2.05) is 48.5 Å². The van der Waals surface area contributed by atoms with Crippen LogP contribution >= 0.6 is 0 Å². The van der Waals surface area contributed by atoms with Crippen LogP contribution in [0.2, 0.25) is 0 Å². The molecule has 0 bridgehead atoms. The van der Waals surface area contributed by atoms with Crippen molar-refractivity contribution < 1.29 is 19.2 Å². The number of imide groups is 1. The summed E-state index contributed by atoms with van der Waals surface area (Å²) in [5, 5.41) is 5.64. The van der Waals surface area contributed by atoms with Gasteiger partial charge in [-0.2, -0.15) is 0 Å². The summed E-state index contributed by atoms with van der Waals surface area (Å²) in [6.07, 6.45) is 0.261. The monoisotopic (exact) mass is 469 g/mol. The quantitative estimate of drug-likeness (QED) is 0.383. The molecule has 7 nitrogen and oxygen atoms in total. The second kappa shape index (κ2) is 9.93. The van der Waals surface area contributed by atoms with Crippen molar-refractivity contribution in [3.8, 4) is 0 Å². The fraction of sp³-hybridized carbons (Fsp3) is 0.214. The van der Waals surface area contributed by atoms with Crippen LogP contribution in [0.1, 0.15) is 35.3 Å². The fourth-order valence-electron chi connectivity index (χ4n) is 4.07. The maximum absolute atomic E-state index is 13.7. The highest BCUT2D eigenvalue weighted by atomic mass is 16.2. The van der Waals surface area contributed by atoms with Crippen molar-refractivity contribution in [3.63, 3.8) is 0 Å². The number of nitrogens with one attached hydrogen (secondary N) is 2. The molecule has 0 radical (unpaired) electrons. The molecule has 1 aliphatic heterocycles. The summed E-state index contributed by atoms with van der Waals surface area (Å²) in [6.45, 7) is 3.20. The van der Waals surface area contributed by atoms with Gasteiger partial charge in [0.05, 0.1) is 6.54 Å². The molecule has 1 unspecified atom stereocenters. The Hall–Kier alpha value is -4.26. The Bertz CT molecular complexity index is 1240. The van der Waals surface area contributed by atoms with Crippen LogP contribution in [0, 0.1) is 5.92 Å². The molecule has 0 aromatic heterocycles. The summed E-state index contributed by atoms with van der Waals surface area (Å²) in [5.74, 6) is -1.14. The highest BCUT2D eigenvalue weighted by molar-refractivity contribution is 6.11. The van der Waals surface area contributed by atoms with E-state index < -0.39 is 17.5 Å². The lowest BCUT2D eigenvalue weighted by molar-refractivity contribution is -0.131. The van der Waals surface area contributed by atoms with E-state index in [1.165, 1.54) is 0 Å². The van der Waals surface area contributed by atoms with Crippen LogP contribution in [0.3, 0.4) is 0 Å². The molecule has 4 rings (SSSR count). The average molecular weight is 470 g/mol. The Kier molecular flexibility index (Phi) is 6.78. The third kappa shape index (κ3) is 4.99. The van der Waals surface area contributed by atoms with Crippen molar-refractivity contribution in [2.24, 2.45) is 5.92 Å². The molecule has 3 aromatic rings. The first kappa shape index (κ1) is 23.9. The van der Waals surface area contributed by atoms with E-state index in [0.717, 1.165) is 10.5 Å². The molecule has 2 N–H and O–H groups in total. The lowest BCUT2D eigenvalue weighted by atomic mass is 9.83. The summed E-state index contributed by atoms with van der Waals surface area (Å²) in [4.78, 5) is 52.5. The standard InChI is InChI=1S/C28H27N3O4/c1-19(2)25(33)29-23-15-13-21(14-16-23)24(32)18-31-26(34)28(30-27(31)35,22-11-7-4-8-12-22)17-20-9-5-3-6-10-20/h3-16,19H,17-18H2,1-2H3,(H,29,33)(H,30,35). The van der Waals surface area contributed by atoms with Crippen molar-refractivity contribution in [1.29, 1.82) is 0 Å². The second-order valence-electron chi connectivity index (χ2n) is 8.90. The number of rotatable bonds is 8. The molecular formula is C28H27N3O4. The van der Waals surface area contributed by atoms with Crippen molar-refractivity contribution >= 4 is 29.3 Å². The third-order valence-electron chi connectivity index (χ3n) is 6.05. The average Bonchev–Trinajstić information content (AvgIpc) is 3.10. The molecule has 1 atom stereocenters. The Morgan fingerprint density at radius 1 is 0.886 bits per heavy atom. The van der Waals surface area contributed by atoms with E-state index in [0.29, 0.717) is 16.8 Å². The molecule has 3 aromatic carbocycles. The van der Waals surface area contributed by atoms with Gasteiger partial charge in [0.25, 0.3) is 5.91 Å². The smallest absolute Gasteiger partial charge is 0.325 e. The lowest BCUT2D eigenvalue weighted by Gasteiger charge is -2.27. The summed E-state index contributed by atoms with van der Waals surface area (Å²) in [5.41, 5.74) is 1.15. The number of carbonyl (C=O) groups excluding carboxylic acids is 4. The van der Waals surface area contributed by atoms with E-state index >= 15 is 0 Å². The van der Waals surface area contributed by atoms with Crippen LogP contribution in [0.15, 0.2) is 84.9 Å². The van der Waals surface area contributed by atoms with Crippen molar-refractivity contribution in [2.75, 3.05) is 11.9 Å². The van der Waals surface area contributed by atoms with Crippen LogP contribution < -0.4 is 10.6 Å². The molecule has 7 heteroatoms. The molecule has 0 spiro atoms. The summed E-state index contributed by atoms with van der Waals surface area (Å²) >= 11 is 0. The van der Waals surface area contributed by atoms with Gasteiger partial charge < -0.3 is 10.6 Å². The van der Waals surface area contributed by atoms with Crippen LogP contribution in [0.5, 0.6) is 0 Å². The predicted octanol–water partition coefficient (Wildman–Crippen LogP) is 4.15. The van der Waals surface area contributed by atoms with Crippen molar-refractivity contribution in [1.82, 2.24) is 10.2 Å². The van der Waals surface area contributed by atoms with Gasteiger partial charge in [0.1, 0.15) is 0 Å². The molecule has 4 amide bonds. The number of amides is 4. The van der Waals surface area contributed by atoms with E-state index in [9.17, 15) is 19.2 Å². The maximum Gasteiger partial charge on any atom is 0.325 e. The zero-order chi connectivity index (χ0) is 25.0. The third-order valence-corrected chi connectivity index (χ3v) is 6.05. The minimum absolute atomic E-state index is 0.126. The summed E-state index contributed by atoms with van der Waals surface area (Å²) < 4.78 is 0. The molecule has 0 saturated carbocycles. The zero-order valence-electron chi connectivity index (χ0n) is 19.7. The zero-order valence-corrected chi connectivity index (χ0v) is 19.7. The molecule has 0 aliphatic carbocycles. The number of carbonyl (C=O) groups is 4. The number of ketones is 1. The molecule has 178 valence electrons. The number of anilines is 1. The molecule has 1 saturated heterocycles. The summed E-state index contributed by atoms with van der Waals surface area (Å²) in [7, 11) is 0. The van der Waals surface area contributed by atoms with Gasteiger partial charge in [0, 0.05) is 23.6 Å². The second-order valence-corrected chi connectivity index (χ2v) is 8.90. The van der Waals surface area contributed by atoms with Gasteiger partial charge in [-0.3, -0.25) is 19.3 Å². The van der Waals surface area contributed by atoms with Gasteiger partial charge in [-0.1, -0.05) is 74.5 Å². The van der Waals surface area contributed by atoms with Crippen molar-refractivity contribution in [3.05, 3.63) is 102 Å². The number of hydrogen-bond acceptors (Lipinski definition) is 4. The first-order chi connectivity index (χ1) is 16.8. The molecule has 1 fully saturated rings. The van der Waals surface area contributed by atoms with Gasteiger partial charge in [-0.05, 0) is 35.4 Å². The van der Waals surface area contributed by atoms with Crippen LogP contribution in [-0.4, -0.2) is 35.1 Å². The van der Waals surface area contributed by atoms with Gasteiger partial charge in [-0.25, -0.2) is 4.79 Å². The predicted molar refractivity (Wildman–Crippen MR) is 133 cm³/mol. The molecule has 35 heavy (non-hydrogen) atoms. The Morgan fingerprint density at radius 2 is 1.49 bits per heavy atom. The van der Waals surface area contributed by atoms with E-state index in [2.05, 4.69) is 10.6 Å². The molecule has 1 aliphatic rings. The first-order valence-electron chi connectivity index (χ1n) is 11.5. The highest BCUT2D eigenvalue weighted by Crippen LogP contribution is 2.33. The molecule has 1 heterocycles. The highest BCUT2D eigenvalue weighted by Gasteiger charge is 2.52. The summed E-state index contributed by atoms with van der Waals surface area (Å²) in [6, 6.07) is 24.3. The number of benzene rings is 3. The number of hydrogen-bond donors (Lipinski definition) is 2. The fourth-order valence-corrected chi connectivity index (χ4v) is 4.07. The van der Waals surface area contributed by atoms with Crippen LogP contribution in [0.25, 0.3) is 0 Å². The lowest BCUT2D eigenvalue weighted by Crippen LogP contribution is -2.46. The number of nitrogens with zero attached hydrogens (tertiary/aromatic N) is 1. The topological polar surface area (TPSA) is 95.6 Å². The maximum atomic E-state index is 13.7. The SMILES string of the molecule is CC(C)C(=O)Nc1ccc(C(=O)CN2C(=O)NC(Cc3ccccc3)(c3ccccc3)C2=O)cc1. The van der Waals surface area contributed by atoms with Crippen LogP contribution in [0.4, 0.5) is 10.5 Å². The minimum Gasteiger partial charge on any atom is -0.326 e. The number of urea groups is 1. The Labute approximate surface area is 204 Å². The molecular weight excluding hydrogens is 442 g/mol. The van der Waals surface area contributed by atoms with Gasteiger partial charge in [0.15, 0.2) is 11.3 Å². The van der Waals surface area contributed by atoms with Gasteiger partial charge >= 0.3 is 6.03 Å². The van der Waals surface area contributed by atoms with Crippen molar-refractivity contribution in [2.45, 2.75) is 25.8 Å².